The number of rotatable bonds is 6. The molecule has 0 aliphatic rings. The zero-order chi connectivity index (χ0) is 14.5. The van der Waals surface area contributed by atoms with Crippen molar-refractivity contribution in [3.63, 3.8) is 0 Å². The molecule has 5 heteroatoms. The normalized spacial score (nSPS) is 12.0. The number of aromatic nitrogens is 1. The number of aryl methyl sites for hydroxylation is 1. The first-order valence-corrected chi connectivity index (χ1v) is 7.24. The summed E-state index contributed by atoms with van der Waals surface area (Å²) in [6, 6.07) is 8.19. The van der Waals surface area contributed by atoms with Crippen LogP contribution >= 0.6 is 12.4 Å². The Balaban J connectivity index is 0.00000220. The van der Waals surface area contributed by atoms with Gasteiger partial charge in [-0.1, -0.05) is 13.0 Å². The molecule has 0 fully saturated rings. The molecule has 1 unspecified atom stereocenters. The smallest absolute Gasteiger partial charge is 0.224 e. The van der Waals surface area contributed by atoms with Crippen LogP contribution in [0.4, 0.5) is 5.69 Å². The highest BCUT2D eigenvalue weighted by Gasteiger charge is 2.06. The maximum Gasteiger partial charge on any atom is 0.224 e. The zero-order valence-electron chi connectivity index (χ0n) is 12.6. The standard InChI is InChI=1S/C16H23N3O.ClH/c1-3-9-19-10-8-13-5-6-14(11-15(13)19)18-16(20)7-4-12(2)17;/h5-6,8,10-12H,3-4,7,9,17H2,1-2H3,(H,18,20);1H. The molecular weight excluding hydrogens is 286 g/mol. The highest BCUT2D eigenvalue weighted by molar-refractivity contribution is 5.93. The fraction of sp³-hybridized carbons (Fsp3) is 0.438. The Labute approximate surface area is 132 Å². The molecule has 1 amide bonds. The average Bonchev–Trinajstić information content (AvgIpc) is 2.80. The van der Waals surface area contributed by atoms with Crippen molar-refractivity contribution in [1.82, 2.24) is 4.57 Å². The van der Waals surface area contributed by atoms with Gasteiger partial charge in [0.15, 0.2) is 0 Å². The fourth-order valence-corrected chi connectivity index (χ4v) is 2.28. The van der Waals surface area contributed by atoms with Crippen LogP contribution in [-0.4, -0.2) is 16.5 Å². The highest BCUT2D eigenvalue weighted by atomic mass is 35.5. The molecule has 3 N–H and O–H groups in total. The van der Waals surface area contributed by atoms with E-state index in [1.165, 1.54) is 5.39 Å². The molecule has 4 nitrogen and oxygen atoms in total. The quantitative estimate of drug-likeness (QED) is 0.857. The third-order valence-corrected chi connectivity index (χ3v) is 3.35. The average molecular weight is 310 g/mol. The molecule has 0 aliphatic heterocycles. The lowest BCUT2D eigenvalue weighted by Crippen LogP contribution is -2.19. The first-order valence-electron chi connectivity index (χ1n) is 7.24. The van der Waals surface area contributed by atoms with E-state index in [9.17, 15) is 4.79 Å². The minimum Gasteiger partial charge on any atom is -0.347 e. The van der Waals surface area contributed by atoms with Crippen LogP contribution in [0.5, 0.6) is 0 Å². The maximum atomic E-state index is 11.8. The molecule has 0 bridgehead atoms. The molecule has 21 heavy (non-hydrogen) atoms. The van der Waals surface area contributed by atoms with Crippen LogP contribution in [0.3, 0.4) is 0 Å². The third kappa shape index (κ3) is 4.76. The van der Waals surface area contributed by atoms with E-state index in [2.05, 4.69) is 29.1 Å². The van der Waals surface area contributed by atoms with E-state index in [1.54, 1.807) is 0 Å². The van der Waals surface area contributed by atoms with Gasteiger partial charge >= 0.3 is 0 Å². The van der Waals surface area contributed by atoms with Gasteiger partial charge in [-0.25, -0.2) is 0 Å². The number of hydrogen-bond donors (Lipinski definition) is 2. The molecule has 0 spiro atoms. The Morgan fingerprint density at radius 3 is 2.81 bits per heavy atom. The Morgan fingerprint density at radius 2 is 2.14 bits per heavy atom. The number of nitrogens with two attached hydrogens (primary N) is 1. The van der Waals surface area contributed by atoms with Crippen molar-refractivity contribution in [2.24, 2.45) is 5.73 Å². The number of fused-ring (bicyclic) bond motifs is 1. The van der Waals surface area contributed by atoms with Crippen LogP contribution in [-0.2, 0) is 11.3 Å². The van der Waals surface area contributed by atoms with Crippen molar-refractivity contribution >= 4 is 34.9 Å². The largest absolute Gasteiger partial charge is 0.347 e. The number of hydrogen-bond acceptors (Lipinski definition) is 2. The van der Waals surface area contributed by atoms with E-state index in [1.807, 2.05) is 25.1 Å². The van der Waals surface area contributed by atoms with E-state index >= 15 is 0 Å². The first-order chi connectivity index (χ1) is 9.60. The van der Waals surface area contributed by atoms with Crippen LogP contribution in [0.15, 0.2) is 30.5 Å². The summed E-state index contributed by atoms with van der Waals surface area (Å²) in [7, 11) is 0. The summed E-state index contributed by atoms with van der Waals surface area (Å²) in [4.78, 5) is 11.8. The molecule has 0 saturated heterocycles. The Morgan fingerprint density at radius 1 is 1.38 bits per heavy atom. The van der Waals surface area contributed by atoms with Crippen molar-refractivity contribution in [1.29, 1.82) is 0 Å². The number of nitrogens with one attached hydrogen (secondary N) is 1. The number of carbonyl (C=O) groups is 1. The van der Waals surface area contributed by atoms with Gasteiger partial charge < -0.3 is 15.6 Å². The number of halogens is 1. The molecule has 2 rings (SSSR count). The number of carbonyl (C=O) groups excluding carboxylic acids is 1. The summed E-state index contributed by atoms with van der Waals surface area (Å²) < 4.78 is 2.22. The van der Waals surface area contributed by atoms with E-state index in [0.29, 0.717) is 12.8 Å². The summed E-state index contributed by atoms with van der Waals surface area (Å²) >= 11 is 0. The molecule has 116 valence electrons. The monoisotopic (exact) mass is 309 g/mol. The highest BCUT2D eigenvalue weighted by Crippen LogP contribution is 2.21. The molecule has 0 aliphatic carbocycles. The SMILES string of the molecule is CCCn1ccc2ccc(NC(=O)CCC(C)N)cc21.Cl. The van der Waals surface area contributed by atoms with Crippen LogP contribution in [0.25, 0.3) is 10.9 Å². The Kier molecular flexibility index (Phi) is 6.72. The first kappa shape index (κ1) is 17.5. The lowest BCUT2D eigenvalue weighted by Gasteiger charge is -2.08. The Hall–Kier alpha value is -1.52. The molecule has 1 aromatic carbocycles. The topological polar surface area (TPSA) is 60.0 Å². The molecular formula is C16H24ClN3O. The van der Waals surface area contributed by atoms with Gasteiger partial charge in [0.05, 0.1) is 5.52 Å². The van der Waals surface area contributed by atoms with Crippen LogP contribution in [0.2, 0.25) is 0 Å². The summed E-state index contributed by atoms with van der Waals surface area (Å²) in [5.41, 5.74) is 7.68. The molecule has 0 radical (unpaired) electrons. The summed E-state index contributed by atoms with van der Waals surface area (Å²) in [6.07, 6.45) is 4.36. The number of anilines is 1. The number of nitrogens with zero attached hydrogens (tertiary/aromatic N) is 1. The summed E-state index contributed by atoms with van der Waals surface area (Å²) in [5.74, 6) is 0.0234. The Bertz CT molecular complexity index is 592. The van der Waals surface area contributed by atoms with Gasteiger partial charge in [0, 0.05) is 30.9 Å². The molecule has 2 aromatic rings. The summed E-state index contributed by atoms with van der Waals surface area (Å²) in [6.45, 7) is 5.06. The van der Waals surface area contributed by atoms with Gasteiger partial charge in [0.1, 0.15) is 0 Å². The fourth-order valence-electron chi connectivity index (χ4n) is 2.28. The van der Waals surface area contributed by atoms with Crippen LogP contribution < -0.4 is 11.1 Å². The summed E-state index contributed by atoms with van der Waals surface area (Å²) in [5, 5.41) is 4.14. The molecule has 1 aromatic heterocycles. The van der Waals surface area contributed by atoms with Crippen molar-refractivity contribution < 1.29 is 4.79 Å². The molecule has 1 heterocycles. The van der Waals surface area contributed by atoms with Crippen molar-refractivity contribution in [2.75, 3.05) is 5.32 Å². The molecule has 1 atom stereocenters. The zero-order valence-corrected chi connectivity index (χ0v) is 13.5. The predicted molar refractivity (Wildman–Crippen MR) is 91.0 cm³/mol. The van der Waals surface area contributed by atoms with Gasteiger partial charge in [0.25, 0.3) is 0 Å². The van der Waals surface area contributed by atoms with Crippen LogP contribution in [0, 0.1) is 0 Å². The van der Waals surface area contributed by atoms with Gasteiger partial charge in [0.2, 0.25) is 5.91 Å². The predicted octanol–water partition coefficient (Wildman–Crippen LogP) is 3.54. The van der Waals surface area contributed by atoms with Gasteiger partial charge in [-0.15, -0.1) is 12.4 Å². The lowest BCUT2D eigenvalue weighted by molar-refractivity contribution is -0.116. The minimum absolute atomic E-state index is 0. The second kappa shape index (κ2) is 8.05. The molecule has 0 saturated carbocycles. The van der Waals surface area contributed by atoms with Crippen molar-refractivity contribution in [3.05, 3.63) is 30.5 Å². The van der Waals surface area contributed by atoms with E-state index in [0.717, 1.165) is 24.2 Å². The van der Waals surface area contributed by atoms with E-state index in [4.69, 9.17) is 5.73 Å². The third-order valence-electron chi connectivity index (χ3n) is 3.35. The second-order valence-corrected chi connectivity index (χ2v) is 5.35. The van der Waals surface area contributed by atoms with Crippen LogP contribution in [0.1, 0.15) is 33.1 Å². The van der Waals surface area contributed by atoms with E-state index < -0.39 is 0 Å². The minimum atomic E-state index is 0. The second-order valence-electron chi connectivity index (χ2n) is 5.35. The maximum absolute atomic E-state index is 11.8. The van der Waals surface area contributed by atoms with Gasteiger partial charge in [-0.05, 0) is 43.4 Å². The van der Waals surface area contributed by atoms with Crippen molar-refractivity contribution in [3.8, 4) is 0 Å². The van der Waals surface area contributed by atoms with Gasteiger partial charge in [-0.3, -0.25) is 4.79 Å². The lowest BCUT2D eigenvalue weighted by atomic mass is 10.2. The van der Waals surface area contributed by atoms with E-state index in [-0.39, 0.29) is 24.4 Å². The van der Waals surface area contributed by atoms with Crippen molar-refractivity contribution in [2.45, 2.75) is 45.7 Å². The number of amides is 1. The number of benzene rings is 1. The van der Waals surface area contributed by atoms with Gasteiger partial charge in [-0.2, -0.15) is 0 Å².